The number of nitrogen functional groups attached to an aromatic ring is 1. The molecule has 1 atom stereocenters. The zero-order chi connectivity index (χ0) is 16.9. The number of nitrogens with two attached hydrogens (primary N) is 1. The van der Waals surface area contributed by atoms with Crippen molar-refractivity contribution in [2.75, 3.05) is 22.9 Å². The minimum Gasteiger partial charge on any atom is -0.397 e. The van der Waals surface area contributed by atoms with Crippen molar-refractivity contribution in [2.24, 2.45) is 5.92 Å². The van der Waals surface area contributed by atoms with Gasteiger partial charge in [-0.25, -0.2) is 0 Å². The number of carbonyl (C=O) groups excluding carboxylic acids is 1. The first-order chi connectivity index (χ1) is 11.6. The number of amides is 1. The zero-order valence-corrected chi connectivity index (χ0v) is 14.0. The fourth-order valence-corrected chi connectivity index (χ4v) is 3.01. The minimum absolute atomic E-state index is 0.109. The van der Waals surface area contributed by atoms with E-state index < -0.39 is 0 Å². The molecule has 5 nitrogen and oxygen atoms in total. The average molecular weight is 340 g/mol. The van der Waals surface area contributed by atoms with Gasteiger partial charge in [0.2, 0.25) is 5.91 Å². The van der Waals surface area contributed by atoms with Gasteiger partial charge in [-0.2, -0.15) is 0 Å². The molecule has 1 heterocycles. The van der Waals surface area contributed by atoms with Gasteiger partial charge in [0.05, 0.1) is 22.3 Å². The minimum atomic E-state index is -0.282. The lowest BCUT2D eigenvalue weighted by molar-refractivity contribution is -0.118. The number of hydrogen-bond acceptors (Lipinski definition) is 4. The first-order valence-corrected chi connectivity index (χ1v) is 8.34. The summed E-state index contributed by atoms with van der Waals surface area (Å²) in [6.07, 6.45) is 1.71. The van der Waals surface area contributed by atoms with Crippen molar-refractivity contribution in [1.29, 1.82) is 0 Å². The number of benzene rings is 2. The molecule has 124 valence electrons. The summed E-state index contributed by atoms with van der Waals surface area (Å²) >= 11 is 5.23. The van der Waals surface area contributed by atoms with Crippen molar-refractivity contribution in [3.63, 3.8) is 0 Å². The number of anilines is 4. The Hall–Kier alpha value is -2.60. The van der Waals surface area contributed by atoms with Crippen molar-refractivity contribution < 1.29 is 4.79 Å². The summed E-state index contributed by atoms with van der Waals surface area (Å²) in [5.74, 6) is -0.391. The lowest BCUT2D eigenvalue weighted by atomic mass is 9.98. The fraction of sp³-hybridized carbons (Fsp3) is 0.222. The van der Waals surface area contributed by atoms with E-state index in [1.165, 1.54) is 0 Å². The number of hydrogen-bond donors (Lipinski definition) is 4. The van der Waals surface area contributed by atoms with E-state index in [0.29, 0.717) is 16.4 Å². The van der Waals surface area contributed by atoms with Crippen molar-refractivity contribution in [2.45, 2.75) is 12.8 Å². The molecule has 0 spiro atoms. The molecule has 1 unspecified atom stereocenters. The number of carbonyl (C=O) groups is 1. The molecule has 5 N–H and O–H groups in total. The number of piperidine rings is 1. The first kappa shape index (κ1) is 16.3. The van der Waals surface area contributed by atoms with Crippen LogP contribution >= 0.6 is 12.2 Å². The Morgan fingerprint density at radius 2 is 1.96 bits per heavy atom. The molecule has 0 bridgehead atoms. The van der Waals surface area contributed by atoms with E-state index in [1.807, 2.05) is 36.4 Å². The summed E-state index contributed by atoms with van der Waals surface area (Å²) in [6, 6.07) is 15.3. The Bertz CT molecular complexity index is 748. The highest BCUT2D eigenvalue weighted by Crippen LogP contribution is 2.26. The Labute approximate surface area is 146 Å². The van der Waals surface area contributed by atoms with Crippen LogP contribution in [0, 0.1) is 5.92 Å². The van der Waals surface area contributed by atoms with Gasteiger partial charge in [-0.3, -0.25) is 4.79 Å². The van der Waals surface area contributed by atoms with Crippen LogP contribution in [0.4, 0.5) is 22.7 Å². The average Bonchev–Trinajstić information content (AvgIpc) is 2.58. The Morgan fingerprint density at radius 1 is 1.17 bits per heavy atom. The largest absolute Gasteiger partial charge is 0.397 e. The summed E-state index contributed by atoms with van der Waals surface area (Å²) in [6.45, 7) is 0.838. The molecule has 1 aliphatic heterocycles. The van der Waals surface area contributed by atoms with Crippen molar-refractivity contribution >= 4 is 45.9 Å². The quantitative estimate of drug-likeness (QED) is 0.507. The lowest BCUT2D eigenvalue weighted by Crippen LogP contribution is -2.41. The van der Waals surface area contributed by atoms with E-state index in [4.69, 9.17) is 18.0 Å². The molecule has 1 saturated heterocycles. The van der Waals surface area contributed by atoms with E-state index in [2.05, 4.69) is 16.0 Å². The molecule has 1 aliphatic rings. The maximum Gasteiger partial charge on any atom is 0.234 e. The Balaban J connectivity index is 1.68. The molecule has 24 heavy (non-hydrogen) atoms. The van der Waals surface area contributed by atoms with Crippen LogP contribution in [0.1, 0.15) is 12.8 Å². The topological polar surface area (TPSA) is 79.2 Å². The Morgan fingerprint density at radius 3 is 2.67 bits per heavy atom. The van der Waals surface area contributed by atoms with E-state index >= 15 is 0 Å². The predicted molar refractivity (Wildman–Crippen MR) is 103 cm³/mol. The van der Waals surface area contributed by atoms with Gasteiger partial charge in [0, 0.05) is 17.9 Å². The summed E-state index contributed by atoms with van der Waals surface area (Å²) in [4.78, 5) is 13.0. The van der Waals surface area contributed by atoms with Gasteiger partial charge in [-0.15, -0.1) is 0 Å². The van der Waals surface area contributed by atoms with Crippen LogP contribution in [-0.4, -0.2) is 17.4 Å². The summed E-state index contributed by atoms with van der Waals surface area (Å²) in [5.41, 5.74) is 9.05. The number of para-hydroxylation sites is 1. The highest BCUT2D eigenvalue weighted by Gasteiger charge is 2.26. The monoisotopic (exact) mass is 340 g/mol. The van der Waals surface area contributed by atoms with E-state index in [1.54, 1.807) is 12.1 Å². The molecule has 1 amide bonds. The summed E-state index contributed by atoms with van der Waals surface area (Å²) in [7, 11) is 0. The predicted octanol–water partition coefficient (Wildman–Crippen LogP) is 3.28. The molecule has 0 radical (unpaired) electrons. The SMILES string of the molecule is Nc1cc(Nc2ccccc2)ccc1NC(=O)C1CCCNC1=S. The highest BCUT2D eigenvalue weighted by atomic mass is 32.1. The maximum atomic E-state index is 12.4. The molecule has 0 aromatic heterocycles. The summed E-state index contributed by atoms with van der Waals surface area (Å²) < 4.78 is 0. The van der Waals surface area contributed by atoms with Crippen LogP contribution < -0.4 is 21.7 Å². The molecule has 0 saturated carbocycles. The third kappa shape index (κ3) is 3.83. The molecule has 2 aromatic rings. The van der Waals surface area contributed by atoms with E-state index in [-0.39, 0.29) is 11.8 Å². The van der Waals surface area contributed by atoms with Crippen LogP contribution in [0.15, 0.2) is 48.5 Å². The standard InChI is InChI=1S/C18H20N4OS/c19-15-11-13(21-12-5-2-1-3-6-12)8-9-16(15)22-17(23)14-7-4-10-20-18(14)24/h1-3,5-6,8-9,11,14,21H,4,7,10,19H2,(H,20,24)(H,22,23). The molecule has 2 aromatic carbocycles. The van der Waals surface area contributed by atoms with Gasteiger partial charge < -0.3 is 21.7 Å². The van der Waals surface area contributed by atoms with Crippen molar-refractivity contribution in [1.82, 2.24) is 5.32 Å². The second kappa shape index (κ2) is 7.31. The molecule has 1 fully saturated rings. The lowest BCUT2D eigenvalue weighted by Gasteiger charge is -2.24. The van der Waals surface area contributed by atoms with Gasteiger partial charge in [0.1, 0.15) is 0 Å². The van der Waals surface area contributed by atoms with Gasteiger partial charge in [-0.1, -0.05) is 30.4 Å². The van der Waals surface area contributed by atoms with E-state index in [0.717, 1.165) is 30.8 Å². The van der Waals surface area contributed by atoms with Gasteiger partial charge >= 0.3 is 0 Å². The van der Waals surface area contributed by atoms with Crippen molar-refractivity contribution in [3.8, 4) is 0 Å². The second-order valence-electron chi connectivity index (χ2n) is 5.77. The molecular weight excluding hydrogens is 320 g/mol. The van der Waals surface area contributed by atoms with Crippen LogP contribution in [0.3, 0.4) is 0 Å². The van der Waals surface area contributed by atoms with Gasteiger partial charge in [0.25, 0.3) is 0 Å². The molecule has 0 aliphatic carbocycles. The van der Waals surface area contributed by atoms with Crippen LogP contribution in [0.5, 0.6) is 0 Å². The Kier molecular flexibility index (Phi) is 4.96. The molecule has 3 rings (SSSR count). The van der Waals surface area contributed by atoms with Crippen LogP contribution in [0.25, 0.3) is 0 Å². The number of nitrogens with one attached hydrogen (secondary N) is 3. The third-order valence-corrected chi connectivity index (χ3v) is 4.40. The van der Waals surface area contributed by atoms with Crippen LogP contribution in [0.2, 0.25) is 0 Å². The number of rotatable bonds is 4. The normalized spacial score (nSPS) is 17.0. The zero-order valence-electron chi connectivity index (χ0n) is 13.2. The number of thiocarbonyl (C=S) groups is 1. The van der Waals surface area contributed by atoms with E-state index in [9.17, 15) is 4.79 Å². The van der Waals surface area contributed by atoms with Crippen LogP contribution in [-0.2, 0) is 4.79 Å². The van der Waals surface area contributed by atoms with Gasteiger partial charge in [0.15, 0.2) is 0 Å². The molecule has 6 heteroatoms. The molecular formula is C18H20N4OS. The first-order valence-electron chi connectivity index (χ1n) is 7.93. The smallest absolute Gasteiger partial charge is 0.234 e. The highest BCUT2D eigenvalue weighted by molar-refractivity contribution is 7.80. The fourth-order valence-electron chi connectivity index (χ4n) is 2.68. The summed E-state index contributed by atoms with van der Waals surface area (Å²) in [5, 5.41) is 9.23. The van der Waals surface area contributed by atoms with Crippen molar-refractivity contribution in [3.05, 3.63) is 48.5 Å². The second-order valence-corrected chi connectivity index (χ2v) is 6.21. The van der Waals surface area contributed by atoms with Gasteiger partial charge in [-0.05, 0) is 43.2 Å². The maximum absolute atomic E-state index is 12.4. The third-order valence-electron chi connectivity index (χ3n) is 3.97.